The van der Waals surface area contributed by atoms with Crippen LogP contribution in [0.5, 0.6) is 0 Å². The molecule has 7 nitrogen and oxygen atoms in total. The lowest BCUT2D eigenvalue weighted by atomic mass is 10.1. The fourth-order valence-corrected chi connectivity index (χ4v) is 2.74. The van der Waals surface area contributed by atoms with Crippen LogP contribution in [0.25, 0.3) is 0 Å². The maximum absolute atomic E-state index is 12.0. The van der Waals surface area contributed by atoms with Crippen molar-refractivity contribution in [1.29, 1.82) is 0 Å². The number of halogens is 1. The van der Waals surface area contributed by atoms with Gasteiger partial charge in [-0.25, -0.2) is 4.99 Å². The fourth-order valence-electron chi connectivity index (χ4n) is 2.74. The van der Waals surface area contributed by atoms with E-state index in [1.54, 1.807) is 0 Å². The second-order valence-corrected chi connectivity index (χ2v) is 6.18. The summed E-state index contributed by atoms with van der Waals surface area (Å²) in [4.78, 5) is 29.5. The number of nitrogens with one attached hydrogen (secondary N) is 2. The highest BCUT2D eigenvalue weighted by atomic mass is 127. The molecule has 1 amide bonds. The van der Waals surface area contributed by atoms with Gasteiger partial charge in [0.05, 0.1) is 6.61 Å². The van der Waals surface area contributed by atoms with E-state index in [0.29, 0.717) is 19.0 Å². The van der Waals surface area contributed by atoms with Gasteiger partial charge in [0.15, 0.2) is 5.96 Å². The largest absolute Gasteiger partial charge is 0.466 e. The molecule has 1 saturated heterocycles. The van der Waals surface area contributed by atoms with Crippen LogP contribution in [0.4, 0.5) is 0 Å². The molecule has 0 aliphatic carbocycles. The van der Waals surface area contributed by atoms with Crippen molar-refractivity contribution in [2.45, 2.75) is 58.8 Å². The molecule has 1 aliphatic heterocycles. The molecule has 1 rings (SSSR count). The molecule has 1 fully saturated rings. The van der Waals surface area contributed by atoms with Crippen molar-refractivity contribution in [2.24, 2.45) is 4.99 Å². The maximum Gasteiger partial charge on any atom is 0.305 e. The lowest BCUT2D eigenvalue weighted by Crippen LogP contribution is -2.39. The molecule has 8 heteroatoms. The lowest BCUT2D eigenvalue weighted by Gasteiger charge is -2.15. The zero-order chi connectivity index (χ0) is 18.3. The number of guanidine groups is 1. The Balaban J connectivity index is 0.00000625. The van der Waals surface area contributed by atoms with E-state index >= 15 is 0 Å². The predicted octanol–water partition coefficient (Wildman–Crippen LogP) is 2.30. The molecule has 0 bridgehead atoms. The van der Waals surface area contributed by atoms with Crippen LogP contribution >= 0.6 is 24.0 Å². The van der Waals surface area contributed by atoms with Crippen molar-refractivity contribution in [3.8, 4) is 0 Å². The van der Waals surface area contributed by atoms with Gasteiger partial charge in [0.1, 0.15) is 6.54 Å². The number of hydrogen-bond acceptors (Lipinski definition) is 4. The molecule has 26 heavy (non-hydrogen) atoms. The van der Waals surface area contributed by atoms with Crippen molar-refractivity contribution in [3.63, 3.8) is 0 Å². The fraction of sp³-hybridized carbons (Fsp3) is 0.833. The Morgan fingerprint density at radius 2 is 1.73 bits per heavy atom. The number of carbonyl (C=O) groups is 2. The van der Waals surface area contributed by atoms with Crippen LogP contribution < -0.4 is 10.6 Å². The predicted molar refractivity (Wildman–Crippen MR) is 115 cm³/mol. The molecular weight excluding hydrogens is 447 g/mol. The topological polar surface area (TPSA) is 83.0 Å². The summed E-state index contributed by atoms with van der Waals surface area (Å²) in [5.74, 6) is 0.695. The molecule has 0 aromatic carbocycles. The Morgan fingerprint density at radius 1 is 1.04 bits per heavy atom. The smallest absolute Gasteiger partial charge is 0.305 e. The molecule has 0 atom stereocenters. The van der Waals surface area contributed by atoms with Crippen molar-refractivity contribution < 1.29 is 14.3 Å². The summed E-state index contributed by atoms with van der Waals surface area (Å²) in [6, 6.07) is 0. The van der Waals surface area contributed by atoms with E-state index in [0.717, 1.165) is 64.7 Å². The van der Waals surface area contributed by atoms with Crippen molar-refractivity contribution in [3.05, 3.63) is 0 Å². The molecule has 2 N–H and O–H groups in total. The first-order valence-corrected chi connectivity index (χ1v) is 9.63. The van der Waals surface area contributed by atoms with Crippen LogP contribution in [-0.4, -0.2) is 62.1 Å². The highest BCUT2D eigenvalue weighted by molar-refractivity contribution is 14.0. The van der Waals surface area contributed by atoms with E-state index in [1.165, 1.54) is 0 Å². The molecular formula is C18H35IN4O3. The summed E-state index contributed by atoms with van der Waals surface area (Å²) in [6.45, 7) is 7.80. The standard InChI is InChI=1S/C18H34N4O3.HI/c1-3-19-18(21-15-16(23)22-13-9-10-14-22)20-12-8-6-5-7-11-17(24)25-4-2;/h3-15H2,1-2H3,(H2,19,20,21);1H. The van der Waals surface area contributed by atoms with Crippen LogP contribution in [0.1, 0.15) is 58.8 Å². The van der Waals surface area contributed by atoms with Gasteiger partial charge < -0.3 is 20.3 Å². The first kappa shape index (κ1) is 24.9. The number of rotatable bonds is 11. The molecule has 0 unspecified atom stereocenters. The number of esters is 1. The van der Waals surface area contributed by atoms with Gasteiger partial charge in [0, 0.05) is 32.6 Å². The molecule has 1 heterocycles. The summed E-state index contributed by atoms with van der Waals surface area (Å²) in [6.07, 6.45) is 6.66. The van der Waals surface area contributed by atoms with E-state index in [2.05, 4.69) is 15.6 Å². The zero-order valence-electron chi connectivity index (χ0n) is 16.2. The lowest BCUT2D eigenvalue weighted by molar-refractivity contribution is -0.143. The molecule has 0 aromatic heterocycles. The van der Waals surface area contributed by atoms with E-state index in [-0.39, 0.29) is 42.4 Å². The van der Waals surface area contributed by atoms with E-state index in [1.807, 2.05) is 18.7 Å². The van der Waals surface area contributed by atoms with Gasteiger partial charge in [-0.05, 0) is 39.5 Å². The third-order valence-corrected chi connectivity index (χ3v) is 4.08. The van der Waals surface area contributed by atoms with Gasteiger partial charge in [0.2, 0.25) is 5.91 Å². The Labute approximate surface area is 174 Å². The van der Waals surface area contributed by atoms with Gasteiger partial charge in [-0.1, -0.05) is 12.8 Å². The van der Waals surface area contributed by atoms with E-state index < -0.39 is 0 Å². The van der Waals surface area contributed by atoms with Crippen molar-refractivity contribution in [1.82, 2.24) is 15.5 Å². The maximum atomic E-state index is 12.0. The number of nitrogens with zero attached hydrogens (tertiary/aromatic N) is 2. The number of carbonyl (C=O) groups excluding carboxylic acids is 2. The van der Waals surface area contributed by atoms with Gasteiger partial charge in [-0.15, -0.1) is 24.0 Å². The molecule has 152 valence electrons. The van der Waals surface area contributed by atoms with Gasteiger partial charge in [-0.2, -0.15) is 0 Å². The Kier molecular flexibility index (Phi) is 15.5. The summed E-state index contributed by atoms with van der Waals surface area (Å²) in [5, 5.41) is 6.43. The van der Waals surface area contributed by atoms with Crippen LogP contribution in [-0.2, 0) is 14.3 Å². The molecule has 0 aromatic rings. The normalized spacial score (nSPS) is 13.9. The SMILES string of the molecule is CCNC(=NCC(=O)N1CCCC1)NCCCCCCC(=O)OCC.I. The number of hydrogen-bond donors (Lipinski definition) is 2. The third kappa shape index (κ3) is 11.5. The molecule has 1 aliphatic rings. The van der Waals surface area contributed by atoms with Crippen LogP contribution in [0, 0.1) is 0 Å². The quantitative estimate of drug-likeness (QED) is 0.155. The average Bonchev–Trinajstić information content (AvgIpc) is 3.13. The highest BCUT2D eigenvalue weighted by Gasteiger charge is 2.17. The third-order valence-electron chi connectivity index (χ3n) is 4.08. The van der Waals surface area contributed by atoms with Gasteiger partial charge >= 0.3 is 5.97 Å². The van der Waals surface area contributed by atoms with Crippen LogP contribution in [0.2, 0.25) is 0 Å². The first-order valence-electron chi connectivity index (χ1n) is 9.63. The minimum absolute atomic E-state index is 0. The zero-order valence-corrected chi connectivity index (χ0v) is 18.6. The molecule has 0 radical (unpaired) electrons. The minimum Gasteiger partial charge on any atom is -0.466 e. The first-order chi connectivity index (χ1) is 12.2. The average molecular weight is 482 g/mol. The van der Waals surface area contributed by atoms with Crippen molar-refractivity contribution in [2.75, 3.05) is 39.3 Å². The van der Waals surface area contributed by atoms with Crippen molar-refractivity contribution >= 4 is 41.8 Å². The number of likely N-dealkylation sites (tertiary alicyclic amines) is 1. The number of aliphatic imine (C=N–C) groups is 1. The Hall–Kier alpha value is -1.06. The van der Waals surface area contributed by atoms with Gasteiger partial charge in [0.25, 0.3) is 0 Å². The Morgan fingerprint density at radius 3 is 2.38 bits per heavy atom. The molecule has 0 spiro atoms. The second kappa shape index (κ2) is 16.1. The summed E-state index contributed by atoms with van der Waals surface area (Å²) in [5.41, 5.74) is 0. The summed E-state index contributed by atoms with van der Waals surface area (Å²) >= 11 is 0. The molecule has 0 saturated carbocycles. The number of unbranched alkanes of at least 4 members (excludes halogenated alkanes) is 3. The van der Waals surface area contributed by atoms with Gasteiger partial charge in [-0.3, -0.25) is 9.59 Å². The monoisotopic (exact) mass is 482 g/mol. The number of ether oxygens (including phenoxy) is 1. The Bertz CT molecular complexity index is 427. The summed E-state index contributed by atoms with van der Waals surface area (Å²) in [7, 11) is 0. The van der Waals surface area contributed by atoms with E-state index in [4.69, 9.17) is 4.74 Å². The summed E-state index contributed by atoms with van der Waals surface area (Å²) < 4.78 is 4.90. The van der Waals surface area contributed by atoms with Crippen LogP contribution in [0.3, 0.4) is 0 Å². The minimum atomic E-state index is -0.107. The highest BCUT2D eigenvalue weighted by Crippen LogP contribution is 2.07. The number of amides is 1. The van der Waals surface area contributed by atoms with E-state index in [9.17, 15) is 9.59 Å². The van der Waals surface area contributed by atoms with Crippen LogP contribution in [0.15, 0.2) is 4.99 Å². The second-order valence-electron chi connectivity index (χ2n) is 6.18.